The zero-order valence-corrected chi connectivity index (χ0v) is 12.2. The van der Waals surface area contributed by atoms with Crippen LogP contribution in [-0.2, 0) is 12.8 Å². The SMILES string of the molecule is CCc1ccc(CC(N)c2cccc3nccnc23)cc1. The number of rotatable bonds is 4. The van der Waals surface area contributed by atoms with E-state index in [9.17, 15) is 0 Å². The largest absolute Gasteiger partial charge is 0.324 e. The fourth-order valence-corrected chi connectivity index (χ4v) is 2.59. The van der Waals surface area contributed by atoms with Crippen molar-refractivity contribution in [3.05, 3.63) is 71.5 Å². The highest BCUT2D eigenvalue weighted by Gasteiger charge is 2.12. The van der Waals surface area contributed by atoms with Crippen molar-refractivity contribution < 1.29 is 0 Å². The van der Waals surface area contributed by atoms with Gasteiger partial charge >= 0.3 is 0 Å². The van der Waals surface area contributed by atoms with Crippen LogP contribution in [0.3, 0.4) is 0 Å². The van der Waals surface area contributed by atoms with E-state index in [0.717, 1.165) is 29.4 Å². The summed E-state index contributed by atoms with van der Waals surface area (Å²) in [5, 5.41) is 0. The van der Waals surface area contributed by atoms with Crippen molar-refractivity contribution in [1.82, 2.24) is 9.97 Å². The van der Waals surface area contributed by atoms with Gasteiger partial charge in [-0.2, -0.15) is 0 Å². The number of hydrogen-bond acceptors (Lipinski definition) is 3. The molecule has 2 N–H and O–H groups in total. The highest BCUT2D eigenvalue weighted by Crippen LogP contribution is 2.22. The first-order chi connectivity index (χ1) is 10.3. The van der Waals surface area contributed by atoms with Gasteiger partial charge in [0.25, 0.3) is 0 Å². The molecule has 0 saturated carbocycles. The van der Waals surface area contributed by atoms with Gasteiger partial charge in [-0.15, -0.1) is 0 Å². The van der Waals surface area contributed by atoms with Crippen LogP contribution in [0.15, 0.2) is 54.9 Å². The van der Waals surface area contributed by atoms with Gasteiger partial charge in [-0.05, 0) is 35.6 Å². The van der Waals surface area contributed by atoms with Crippen LogP contribution in [0.5, 0.6) is 0 Å². The molecule has 0 saturated heterocycles. The number of fused-ring (bicyclic) bond motifs is 1. The topological polar surface area (TPSA) is 51.8 Å². The first-order valence-corrected chi connectivity index (χ1v) is 7.31. The Hall–Kier alpha value is -2.26. The van der Waals surface area contributed by atoms with Gasteiger partial charge in [0, 0.05) is 18.4 Å². The van der Waals surface area contributed by atoms with Gasteiger partial charge in [-0.1, -0.05) is 43.3 Å². The highest BCUT2D eigenvalue weighted by atomic mass is 14.8. The summed E-state index contributed by atoms with van der Waals surface area (Å²) in [5.41, 5.74) is 11.8. The molecule has 3 nitrogen and oxygen atoms in total. The van der Waals surface area contributed by atoms with E-state index < -0.39 is 0 Å². The molecule has 0 amide bonds. The molecular formula is C18H19N3. The van der Waals surface area contributed by atoms with Gasteiger partial charge in [0.15, 0.2) is 0 Å². The molecule has 0 bridgehead atoms. The summed E-state index contributed by atoms with van der Waals surface area (Å²) in [5.74, 6) is 0. The van der Waals surface area contributed by atoms with E-state index in [1.54, 1.807) is 12.4 Å². The van der Waals surface area contributed by atoms with Gasteiger partial charge in [-0.3, -0.25) is 9.97 Å². The van der Waals surface area contributed by atoms with Crippen LogP contribution >= 0.6 is 0 Å². The first-order valence-electron chi connectivity index (χ1n) is 7.31. The van der Waals surface area contributed by atoms with E-state index in [0.29, 0.717) is 0 Å². The highest BCUT2D eigenvalue weighted by molar-refractivity contribution is 5.78. The van der Waals surface area contributed by atoms with E-state index in [-0.39, 0.29) is 6.04 Å². The van der Waals surface area contributed by atoms with E-state index in [4.69, 9.17) is 5.73 Å². The minimum absolute atomic E-state index is 0.0714. The Balaban J connectivity index is 1.88. The summed E-state index contributed by atoms with van der Waals surface area (Å²) in [6, 6.07) is 14.6. The molecule has 0 radical (unpaired) electrons. The standard InChI is InChI=1S/C18H19N3/c1-2-13-6-8-14(9-7-13)12-16(19)15-4-3-5-17-18(15)21-11-10-20-17/h3-11,16H,2,12,19H2,1H3. The summed E-state index contributed by atoms with van der Waals surface area (Å²) in [6.07, 6.45) is 5.29. The molecule has 3 heteroatoms. The van der Waals surface area contributed by atoms with Gasteiger partial charge in [0.1, 0.15) is 0 Å². The summed E-state index contributed by atoms with van der Waals surface area (Å²) < 4.78 is 0. The summed E-state index contributed by atoms with van der Waals surface area (Å²) in [6.45, 7) is 2.16. The van der Waals surface area contributed by atoms with Gasteiger partial charge in [-0.25, -0.2) is 0 Å². The number of para-hydroxylation sites is 1. The third-order valence-corrected chi connectivity index (χ3v) is 3.82. The monoisotopic (exact) mass is 277 g/mol. The molecular weight excluding hydrogens is 258 g/mol. The van der Waals surface area contributed by atoms with Crippen molar-refractivity contribution in [2.45, 2.75) is 25.8 Å². The molecule has 3 aromatic rings. The summed E-state index contributed by atoms with van der Waals surface area (Å²) in [7, 11) is 0. The third-order valence-electron chi connectivity index (χ3n) is 3.82. The Morgan fingerprint density at radius 3 is 2.43 bits per heavy atom. The maximum atomic E-state index is 6.40. The van der Waals surface area contributed by atoms with Crippen molar-refractivity contribution in [2.24, 2.45) is 5.73 Å². The predicted octanol–water partition coefficient (Wildman–Crippen LogP) is 3.43. The summed E-state index contributed by atoms with van der Waals surface area (Å²) in [4.78, 5) is 8.76. The van der Waals surface area contributed by atoms with Crippen LogP contribution in [0.4, 0.5) is 0 Å². The van der Waals surface area contributed by atoms with Crippen LogP contribution in [-0.4, -0.2) is 9.97 Å². The zero-order valence-electron chi connectivity index (χ0n) is 12.2. The molecule has 0 aliphatic rings. The average molecular weight is 277 g/mol. The lowest BCUT2D eigenvalue weighted by Gasteiger charge is -2.14. The quantitative estimate of drug-likeness (QED) is 0.795. The lowest BCUT2D eigenvalue weighted by Crippen LogP contribution is -2.14. The van der Waals surface area contributed by atoms with E-state index in [2.05, 4.69) is 41.2 Å². The molecule has 0 aliphatic carbocycles. The van der Waals surface area contributed by atoms with Crippen LogP contribution in [0.1, 0.15) is 29.7 Å². The van der Waals surface area contributed by atoms with Gasteiger partial charge in [0.05, 0.1) is 11.0 Å². The Morgan fingerprint density at radius 1 is 0.952 bits per heavy atom. The number of nitrogens with two attached hydrogens (primary N) is 1. The van der Waals surface area contributed by atoms with Gasteiger partial charge in [0.2, 0.25) is 0 Å². The van der Waals surface area contributed by atoms with E-state index >= 15 is 0 Å². The average Bonchev–Trinajstić information content (AvgIpc) is 2.55. The maximum Gasteiger partial charge on any atom is 0.0934 e. The Labute approximate surface area is 124 Å². The smallest absolute Gasteiger partial charge is 0.0934 e. The molecule has 0 fully saturated rings. The molecule has 3 rings (SSSR count). The molecule has 21 heavy (non-hydrogen) atoms. The number of benzene rings is 2. The van der Waals surface area contributed by atoms with Crippen molar-refractivity contribution in [3.8, 4) is 0 Å². The second kappa shape index (κ2) is 6.02. The Morgan fingerprint density at radius 2 is 1.67 bits per heavy atom. The van der Waals surface area contributed by atoms with Crippen molar-refractivity contribution in [3.63, 3.8) is 0 Å². The lowest BCUT2D eigenvalue weighted by molar-refractivity contribution is 0.726. The molecule has 0 aliphatic heterocycles. The van der Waals surface area contributed by atoms with E-state index in [1.165, 1.54) is 11.1 Å². The lowest BCUT2D eigenvalue weighted by atomic mass is 9.97. The fourth-order valence-electron chi connectivity index (χ4n) is 2.59. The van der Waals surface area contributed by atoms with Crippen LogP contribution < -0.4 is 5.73 Å². The van der Waals surface area contributed by atoms with Crippen LogP contribution in [0.2, 0.25) is 0 Å². The second-order valence-corrected chi connectivity index (χ2v) is 5.25. The third kappa shape index (κ3) is 2.93. The first kappa shape index (κ1) is 13.7. The maximum absolute atomic E-state index is 6.40. The normalized spacial score (nSPS) is 12.5. The molecule has 1 atom stereocenters. The minimum atomic E-state index is -0.0714. The Kier molecular flexibility index (Phi) is 3.93. The minimum Gasteiger partial charge on any atom is -0.324 e. The van der Waals surface area contributed by atoms with Crippen molar-refractivity contribution >= 4 is 11.0 Å². The Bertz CT molecular complexity index is 730. The number of nitrogens with zero attached hydrogens (tertiary/aromatic N) is 2. The molecule has 1 heterocycles. The van der Waals surface area contributed by atoms with Gasteiger partial charge < -0.3 is 5.73 Å². The summed E-state index contributed by atoms with van der Waals surface area (Å²) >= 11 is 0. The predicted molar refractivity (Wildman–Crippen MR) is 86.0 cm³/mol. The van der Waals surface area contributed by atoms with Crippen LogP contribution in [0.25, 0.3) is 11.0 Å². The van der Waals surface area contributed by atoms with Crippen molar-refractivity contribution in [1.29, 1.82) is 0 Å². The van der Waals surface area contributed by atoms with Crippen LogP contribution in [0, 0.1) is 0 Å². The molecule has 1 unspecified atom stereocenters. The number of hydrogen-bond donors (Lipinski definition) is 1. The molecule has 0 spiro atoms. The number of aromatic nitrogens is 2. The molecule has 106 valence electrons. The fraction of sp³-hybridized carbons (Fsp3) is 0.222. The second-order valence-electron chi connectivity index (χ2n) is 5.25. The molecule has 1 aromatic heterocycles. The van der Waals surface area contributed by atoms with Crippen molar-refractivity contribution in [2.75, 3.05) is 0 Å². The van der Waals surface area contributed by atoms with E-state index in [1.807, 2.05) is 18.2 Å². The number of aryl methyl sites for hydroxylation is 1. The zero-order chi connectivity index (χ0) is 14.7. The molecule has 2 aromatic carbocycles.